The maximum Gasteiger partial charge on any atom is 0.274 e. The Morgan fingerprint density at radius 1 is 1.55 bits per heavy atom. The van der Waals surface area contributed by atoms with Gasteiger partial charge in [0.05, 0.1) is 4.92 Å². The smallest absolute Gasteiger partial charge is 0.274 e. The first kappa shape index (κ1) is 14.5. The highest BCUT2D eigenvalue weighted by Crippen LogP contribution is 2.22. The lowest BCUT2D eigenvalue weighted by Gasteiger charge is -2.10. The minimum Gasteiger partial charge on any atom is -0.326 e. The van der Waals surface area contributed by atoms with Gasteiger partial charge in [0.2, 0.25) is 5.91 Å². The summed E-state index contributed by atoms with van der Waals surface area (Å²) < 4.78 is 0. The fraction of sp³-hybridized carbons (Fsp3) is 0.500. The first-order chi connectivity index (χ1) is 9.56. The van der Waals surface area contributed by atoms with Crippen LogP contribution in [0.1, 0.15) is 31.2 Å². The van der Waals surface area contributed by atoms with Gasteiger partial charge in [-0.1, -0.05) is 6.07 Å². The summed E-state index contributed by atoms with van der Waals surface area (Å²) in [6, 6.07) is 5.16. The van der Waals surface area contributed by atoms with Gasteiger partial charge in [0, 0.05) is 29.8 Å². The SMILES string of the molecule is Cc1ccc(NC(=O)CCC2CCCN2)cc1[N+](=O)[O-]. The van der Waals surface area contributed by atoms with E-state index in [0.717, 1.165) is 25.8 Å². The zero-order chi connectivity index (χ0) is 14.5. The Morgan fingerprint density at radius 3 is 3.00 bits per heavy atom. The van der Waals surface area contributed by atoms with E-state index in [1.807, 2.05) is 0 Å². The third kappa shape index (κ3) is 3.77. The molecule has 0 spiro atoms. The van der Waals surface area contributed by atoms with Gasteiger partial charge in [-0.25, -0.2) is 0 Å². The van der Waals surface area contributed by atoms with Crippen molar-refractivity contribution < 1.29 is 9.72 Å². The predicted octanol–water partition coefficient (Wildman–Crippen LogP) is 2.37. The minimum absolute atomic E-state index is 0.0280. The molecule has 2 rings (SSSR count). The second-order valence-corrected chi connectivity index (χ2v) is 5.14. The van der Waals surface area contributed by atoms with E-state index in [1.54, 1.807) is 19.1 Å². The van der Waals surface area contributed by atoms with E-state index in [9.17, 15) is 14.9 Å². The summed E-state index contributed by atoms with van der Waals surface area (Å²) in [5.74, 6) is -0.100. The van der Waals surface area contributed by atoms with Gasteiger partial charge < -0.3 is 10.6 Å². The molecule has 1 aliphatic heterocycles. The number of nitro benzene ring substituents is 1. The van der Waals surface area contributed by atoms with Crippen molar-refractivity contribution in [1.82, 2.24) is 5.32 Å². The molecular formula is C14H19N3O3. The molecule has 0 saturated carbocycles. The van der Waals surface area contributed by atoms with E-state index in [2.05, 4.69) is 10.6 Å². The molecule has 0 radical (unpaired) electrons. The van der Waals surface area contributed by atoms with E-state index in [0.29, 0.717) is 23.7 Å². The second-order valence-electron chi connectivity index (χ2n) is 5.14. The summed E-state index contributed by atoms with van der Waals surface area (Å²) in [6.07, 6.45) is 3.51. The van der Waals surface area contributed by atoms with Gasteiger partial charge in [0.1, 0.15) is 0 Å². The molecule has 1 atom stereocenters. The molecule has 108 valence electrons. The van der Waals surface area contributed by atoms with Crippen LogP contribution in [0.25, 0.3) is 0 Å². The van der Waals surface area contributed by atoms with Gasteiger partial charge >= 0.3 is 0 Å². The molecule has 1 heterocycles. The molecule has 1 amide bonds. The number of amides is 1. The van der Waals surface area contributed by atoms with Crippen LogP contribution in [-0.4, -0.2) is 23.4 Å². The zero-order valence-electron chi connectivity index (χ0n) is 11.5. The van der Waals surface area contributed by atoms with Crippen LogP contribution in [0.3, 0.4) is 0 Å². The number of hydrogen-bond donors (Lipinski definition) is 2. The molecule has 1 saturated heterocycles. The standard InChI is InChI=1S/C14H19N3O3/c1-10-4-5-12(9-13(10)17(19)20)16-14(18)7-6-11-3-2-8-15-11/h4-5,9,11,15H,2-3,6-8H2,1H3,(H,16,18). The van der Waals surface area contributed by atoms with Crippen LogP contribution in [0.15, 0.2) is 18.2 Å². The molecule has 1 fully saturated rings. The molecule has 6 heteroatoms. The highest BCUT2D eigenvalue weighted by Gasteiger charge is 2.16. The quantitative estimate of drug-likeness (QED) is 0.639. The normalized spacial score (nSPS) is 17.9. The van der Waals surface area contributed by atoms with Gasteiger partial charge in [-0.05, 0) is 38.8 Å². The Bertz CT molecular complexity index is 510. The average Bonchev–Trinajstić information content (AvgIpc) is 2.91. The van der Waals surface area contributed by atoms with Crippen LogP contribution in [0.5, 0.6) is 0 Å². The number of benzene rings is 1. The van der Waals surface area contributed by atoms with Crippen molar-refractivity contribution in [2.24, 2.45) is 0 Å². The number of rotatable bonds is 5. The van der Waals surface area contributed by atoms with E-state index in [1.165, 1.54) is 6.07 Å². The Kier molecular flexibility index (Phi) is 4.68. The van der Waals surface area contributed by atoms with Crippen LogP contribution in [0.2, 0.25) is 0 Å². The number of nitrogens with one attached hydrogen (secondary N) is 2. The van der Waals surface area contributed by atoms with Gasteiger partial charge in [-0.3, -0.25) is 14.9 Å². The van der Waals surface area contributed by atoms with Gasteiger partial charge in [-0.15, -0.1) is 0 Å². The number of anilines is 1. The van der Waals surface area contributed by atoms with Crippen molar-refractivity contribution in [3.8, 4) is 0 Å². The van der Waals surface area contributed by atoms with Crippen LogP contribution in [0, 0.1) is 17.0 Å². The maximum absolute atomic E-state index is 11.8. The summed E-state index contributed by atoms with van der Waals surface area (Å²) in [5, 5.41) is 16.9. The third-order valence-corrected chi connectivity index (χ3v) is 3.57. The predicted molar refractivity (Wildman–Crippen MR) is 76.7 cm³/mol. The molecule has 1 unspecified atom stereocenters. The van der Waals surface area contributed by atoms with Crippen molar-refractivity contribution in [3.63, 3.8) is 0 Å². The monoisotopic (exact) mass is 277 g/mol. The second kappa shape index (κ2) is 6.47. The molecule has 1 aromatic carbocycles. The third-order valence-electron chi connectivity index (χ3n) is 3.57. The molecule has 1 aromatic rings. The zero-order valence-corrected chi connectivity index (χ0v) is 11.5. The topological polar surface area (TPSA) is 84.3 Å². The molecule has 0 aliphatic carbocycles. The molecule has 6 nitrogen and oxygen atoms in total. The Labute approximate surface area is 117 Å². The number of hydrogen-bond acceptors (Lipinski definition) is 4. The lowest BCUT2D eigenvalue weighted by atomic mass is 10.1. The number of nitro groups is 1. The lowest BCUT2D eigenvalue weighted by molar-refractivity contribution is -0.385. The van der Waals surface area contributed by atoms with Crippen LogP contribution < -0.4 is 10.6 Å². The summed E-state index contributed by atoms with van der Waals surface area (Å²) >= 11 is 0. The highest BCUT2D eigenvalue weighted by molar-refractivity contribution is 5.91. The van der Waals surface area contributed by atoms with Crippen molar-refractivity contribution in [2.75, 3.05) is 11.9 Å². The van der Waals surface area contributed by atoms with Crippen molar-refractivity contribution in [1.29, 1.82) is 0 Å². The van der Waals surface area contributed by atoms with E-state index >= 15 is 0 Å². The molecule has 2 N–H and O–H groups in total. The van der Waals surface area contributed by atoms with Gasteiger partial charge in [0.15, 0.2) is 0 Å². The number of nitrogens with zero attached hydrogens (tertiary/aromatic N) is 1. The Balaban J connectivity index is 1.90. The van der Waals surface area contributed by atoms with E-state index in [-0.39, 0.29) is 11.6 Å². The van der Waals surface area contributed by atoms with E-state index < -0.39 is 4.92 Å². The van der Waals surface area contributed by atoms with Crippen molar-refractivity contribution in [3.05, 3.63) is 33.9 Å². The molecule has 1 aliphatic rings. The summed E-state index contributed by atoms with van der Waals surface area (Å²) in [4.78, 5) is 22.2. The Hall–Kier alpha value is -1.95. The minimum atomic E-state index is -0.437. The fourth-order valence-electron chi connectivity index (χ4n) is 2.42. The van der Waals surface area contributed by atoms with Gasteiger partial charge in [-0.2, -0.15) is 0 Å². The highest BCUT2D eigenvalue weighted by atomic mass is 16.6. The fourth-order valence-corrected chi connectivity index (χ4v) is 2.42. The van der Waals surface area contributed by atoms with Crippen molar-refractivity contribution >= 4 is 17.3 Å². The van der Waals surface area contributed by atoms with Crippen LogP contribution in [-0.2, 0) is 4.79 Å². The number of carbonyl (C=O) groups is 1. The molecule has 0 aromatic heterocycles. The average molecular weight is 277 g/mol. The number of carbonyl (C=O) groups excluding carboxylic acids is 1. The molecule has 0 bridgehead atoms. The largest absolute Gasteiger partial charge is 0.326 e. The maximum atomic E-state index is 11.8. The Morgan fingerprint density at radius 2 is 2.35 bits per heavy atom. The first-order valence-electron chi connectivity index (χ1n) is 6.84. The molecule has 20 heavy (non-hydrogen) atoms. The van der Waals surface area contributed by atoms with Gasteiger partial charge in [0.25, 0.3) is 5.69 Å². The summed E-state index contributed by atoms with van der Waals surface area (Å²) in [6.45, 7) is 2.70. The number of aryl methyl sites for hydroxylation is 1. The lowest BCUT2D eigenvalue weighted by Crippen LogP contribution is -2.23. The summed E-state index contributed by atoms with van der Waals surface area (Å²) in [7, 11) is 0. The van der Waals surface area contributed by atoms with E-state index in [4.69, 9.17) is 0 Å². The molecular weight excluding hydrogens is 258 g/mol. The van der Waals surface area contributed by atoms with Crippen LogP contribution in [0.4, 0.5) is 11.4 Å². The van der Waals surface area contributed by atoms with Crippen molar-refractivity contribution in [2.45, 2.75) is 38.6 Å². The summed E-state index contributed by atoms with van der Waals surface area (Å²) in [5.41, 5.74) is 1.09. The first-order valence-corrected chi connectivity index (χ1v) is 6.84. The van der Waals surface area contributed by atoms with Crippen LogP contribution >= 0.6 is 0 Å².